The van der Waals surface area contributed by atoms with Gasteiger partial charge in [-0.1, -0.05) is 44.9 Å². The van der Waals surface area contributed by atoms with Crippen LogP contribution in [0.5, 0.6) is 11.5 Å². The highest BCUT2D eigenvalue weighted by molar-refractivity contribution is 5.93. The minimum Gasteiger partial charge on any atom is -0.507 e. The largest absolute Gasteiger partial charge is 0.507 e. The molecule has 0 bridgehead atoms. The monoisotopic (exact) mass is 1040 g/mol. The number of ether oxygens (including phenoxy) is 2. The number of para-hydroxylation sites is 1. The highest BCUT2D eigenvalue weighted by atomic mass is 16.5. The van der Waals surface area contributed by atoms with Crippen molar-refractivity contribution in [2.24, 2.45) is 16.7 Å². The number of aliphatic hydroxyl groups is 1. The van der Waals surface area contributed by atoms with E-state index in [0.29, 0.717) is 60.0 Å². The number of benzene rings is 2. The van der Waals surface area contributed by atoms with E-state index in [0.717, 1.165) is 108 Å². The number of nitrogens with zero attached hydrogens (tertiary/aromatic N) is 8. The van der Waals surface area contributed by atoms with Gasteiger partial charge in [-0.25, -0.2) is 9.97 Å². The summed E-state index contributed by atoms with van der Waals surface area (Å²) in [4.78, 5) is 60.6. The van der Waals surface area contributed by atoms with Gasteiger partial charge in [-0.15, -0.1) is 16.6 Å². The SMILES string of the molecule is C#Cc1ccc(CNC(=O)[C@@H]2C[C@@H](O)CN2C(=O)[C@@H](NC(=O)C2CCC3(CC2)CC(N2CCC(c4cnc(N5CCN(c6cc(-c7ccccc7O)nnc6NC)CC5)nc4)CC2)C3)C(C)(C)C)c(OCCCOC)c1. The predicted molar refractivity (Wildman–Crippen MR) is 292 cm³/mol. The Morgan fingerprint density at radius 1 is 0.908 bits per heavy atom. The third-order valence-electron chi connectivity index (χ3n) is 16.7. The lowest BCUT2D eigenvalue weighted by Gasteiger charge is -2.55. The Labute approximate surface area is 447 Å². The van der Waals surface area contributed by atoms with Crippen molar-refractivity contribution < 1.29 is 34.1 Å². The summed E-state index contributed by atoms with van der Waals surface area (Å²) < 4.78 is 11.1. The van der Waals surface area contributed by atoms with Crippen LogP contribution in [-0.2, 0) is 25.7 Å². The number of amides is 3. The number of aromatic nitrogens is 4. The molecule has 18 heteroatoms. The molecule has 406 valence electrons. The van der Waals surface area contributed by atoms with Crippen LogP contribution in [0.25, 0.3) is 11.3 Å². The van der Waals surface area contributed by atoms with Crippen molar-refractivity contribution in [3.8, 4) is 35.1 Å². The fourth-order valence-electron chi connectivity index (χ4n) is 12.2. The van der Waals surface area contributed by atoms with Gasteiger partial charge in [-0.2, -0.15) is 0 Å². The highest BCUT2D eigenvalue weighted by Gasteiger charge is 2.50. The predicted octanol–water partition coefficient (Wildman–Crippen LogP) is 5.73. The average molecular weight is 1040 g/mol. The van der Waals surface area contributed by atoms with Crippen molar-refractivity contribution in [2.45, 2.75) is 122 Å². The molecular weight excluding hydrogens is 963 g/mol. The van der Waals surface area contributed by atoms with E-state index in [4.69, 9.17) is 25.9 Å². The topological polar surface area (TPSA) is 211 Å². The number of methoxy groups -OCH3 is 1. The normalized spacial score (nSPS) is 23.6. The first-order chi connectivity index (χ1) is 36.6. The van der Waals surface area contributed by atoms with Gasteiger partial charge in [0.2, 0.25) is 23.7 Å². The molecule has 5 fully saturated rings. The fourth-order valence-corrected chi connectivity index (χ4v) is 12.2. The van der Waals surface area contributed by atoms with Crippen LogP contribution in [0.1, 0.15) is 108 Å². The summed E-state index contributed by atoms with van der Waals surface area (Å²) in [5, 5.41) is 39.3. The van der Waals surface area contributed by atoms with Crippen molar-refractivity contribution in [1.29, 1.82) is 0 Å². The van der Waals surface area contributed by atoms with Crippen molar-refractivity contribution >= 4 is 35.2 Å². The van der Waals surface area contributed by atoms with Gasteiger partial charge in [0.05, 0.1) is 24.1 Å². The Morgan fingerprint density at radius 2 is 1.62 bits per heavy atom. The number of aromatic hydroxyl groups is 1. The highest BCUT2D eigenvalue weighted by Crippen LogP contribution is 2.55. The first kappa shape index (κ1) is 54.2. The number of carbonyl (C=O) groups excluding carboxylic acids is 3. The molecule has 9 rings (SSSR count). The van der Waals surface area contributed by atoms with Crippen LogP contribution in [0.2, 0.25) is 0 Å². The third kappa shape index (κ3) is 12.3. The molecular formula is C58H77N11O7. The van der Waals surface area contributed by atoms with E-state index in [-0.39, 0.29) is 54.3 Å². The Bertz CT molecular complexity index is 2700. The van der Waals surface area contributed by atoms with E-state index < -0.39 is 23.6 Å². The lowest BCUT2D eigenvalue weighted by molar-refractivity contribution is -0.145. The van der Waals surface area contributed by atoms with Crippen LogP contribution in [0.15, 0.2) is 60.9 Å². The van der Waals surface area contributed by atoms with Crippen molar-refractivity contribution in [1.82, 2.24) is 40.6 Å². The maximum Gasteiger partial charge on any atom is 0.246 e. The number of hydrogen-bond donors (Lipinski definition) is 5. The molecule has 76 heavy (non-hydrogen) atoms. The molecule has 2 aromatic heterocycles. The summed E-state index contributed by atoms with van der Waals surface area (Å²) in [5.41, 5.74) is 4.43. The number of hydrogen-bond acceptors (Lipinski definition) is 15. The summed E-state index contributed by atoms with van der Waals surface area (Å²) >= 11 is 0. The number of terminal acetylenes is 1. The number of piperidine rings is 1. The molecule has 3 saturated heterocycles. The first-order valence-corrected chi connectivity index (χ1v) is 27.3. The number of rotatable bonds is 17. The zero-order valence-corrected chi connectivity index (χ0v) is 45.0. The molecule has 3 amide bonds. The molecule has 18 nitrogen and oxygen atoms in total. The summed E-state index contributed by atoms with van der Waals surface area (Å²) in [5.74, 6) is 4.19. The van der Waals surface area contributed by atoms with Gasteiger partial charge in [0, 0.05) is 114 Å². The molecule has 2 saturated carbocycles. The van der Waals surface area contributed by atoms with E-state index in [9.17, 15) is 24.6 Å². The number of piperazine rings is 1. The van der Waals surface area contributed by atoms with Crippen LogP contribution in [0.3, 0.4) is 0 Å². The van der Waals surface area contributed by atoms with Gasteiger partial charge >= 0.3 is 0 Å². The smallest absolute Gasteiger partial charge is 0.246 e. The second-order valence-corrected chi connectivity index (χ2v) is 22.8. The Balaban J connectivity index is 0.713. The molecule has 0 unspecified atom stereocenters. The molecule has 2 aromatic carbocycles. The second kappa shape index (κ2) is 23.8. The van der Waals surface area contributed by atoms with Crippen LogP contribution in [0, 0.1) is 29.1 Å². The maximum absolute atomic E-state index is 14.4. The number of nitrogens with one attached hydrogen (secondary N) is 3. The van der Waals surface area contributed by atoms with Gasteiger partial charge in [0.25, 0.3) is 0 Å². The summed E-state index contributed by atoms with van der Waals surface area (Å²) in [6.07, 6.45) is 17.6. The van der Waals surface area contributed by atoms with Crippen molar-refractivity contribution in [2.75, 3.05) is 88.3 Å². The molecule has 3 aliphatic heterocycles. The molecule has 3 atom stereocenters. The maximum atomic E-state index is 14.4. The molecule has 5 aliphatic rings. The zero-order chi connectivity index (χ0) is 53.6. The molecule has 2 aliphatic carbocycles. The van der Waals surface area contributed by atoms with E-state index in [1.165, 1.54) is 10.5 Å². The van der Waals surface area contributed by atoms with Crippen LogP contribution < -0.4 is 30.5 Å². The number of anilines is 3. The molecule has 0 radical (unpaired) electrons. The molecule has 4 aromatic rings. The van der Waals surface area contributed by atoms with Crippen LogP contribution in [-0.4, -0.2) is 155 Å². The second-order valence-electron chi connectivity index (χ2n) is 22.8. The summed E-state index contributed by atoms with van der Waals surface area (Å²) in [6.45, 7) is 12.0. The molecule has 5 N–H and O–H groups in total. The van der Waals surface area contributed by atoms with Crippen molar-refractivity contribution in [3.05, 3.63) is 77.6 Å². The summed E-state index contributed by atoms with van der Waals surface area (Å²) in [6, 6.07) is 13.3. The summed E-state index contributed by atoms with van der Waals surface area (Å²) in [7, 11) is 3.47. The first-order valence-electron chi connectivity index (χ1n) is 27.3. The number of β-amino-alcohol motifs (C(OH)–C–C–N with tert-alkyl or cyclic N) is 1. The minimum absolute atomic E-state index is 0.00710. The van der Waals surface area contributed by atoms with Crippen molar-refractivity contribution in [3.63, 3.8) is 0 Å². The Hall–Kier alpha value is -6.55. The van der Waals surface area contributed by atoms with E-state index in [1.807, 2.05) is 64.5 Å². The van der Waals surface area contributed by atoms with Gasteiger partial charge in [0.15, 0.2) is 5.82 Å². The number of phenolic OH excluding ortho intramolecular Hbond substituents is 1. The fraction of sp³-hybridized carbons (Fsp3) is 0.569. The van der Waals surface area contributed by atoms with E-state index in [2.05, 4.69) is 46.8 Å². The van der Waals surface area contributed by atoms with Crippen LogP contribution >= 0.6 is 0 Å². The quantitative estimate of drug-likeness (QED) is 0.0632. The zero-order valence-electron chi connectivity index (χ0n) is 45.0. The number of carbonyl (C=O) groups is 3. The minimum atomic E-state index is -0.897. The number of likely N-dealkylation sites (tertiary alicyclic amines) is 2. The number of phenols is 1. The van der Waals surface area contributed by atoms with Gasteiger partial charge in [-0.05, 0) is 117 Å². The van der Waals surface area contributed by atoms with Gasteiger partial charge in [0.1, 0.15) is 23.6 Å². The van der Waals surface area contributed by atoms with Gasteiger partial charge < -0.3 is 55.2 Å². The van der Waals surface area contributed by atoms with Crippen LogP contribution in [0.4, 0.5) is 17.5 Å². The third-order valence-corrected chi connectivity index (χ3v) is 16.7. The standard InChI is InChI=1S/C58H77N11O7/c1-7-38-13-14-41(50(29-38)76-28-10-27-75-6)34-60-54(73)48-30-44(70)37-69(48)55(74)51(57(2,3)4)63-53(72)40-15-19-58(20-16-40)32-43(33-58)66-21-17-39(18-22-66)42-35-61-56(62-36-42)68-25-23-67(24-26-68)47-31-46(64-65-52(47)59-5)45-11-8-9-12-49(45)71/h1,8-9,11-14,29,31,35-36,39-40,43-44,48,51,70-71H,10,15-28,30,32-34,37H2,2-6H3,(H,59,65)(H,60,73)(H,63,72)/t40?,43?,44-,48+,51-,58?/m1/s1. The molecule has 1 spiro atoms. The van der Waals surface area contributed by atoms with E-state index >= 15 is 0 Å². The average Bonchev–Trinajstić information content (AvgIpc) is 3.84. The van der Waals surface area contributed by atoms with Gasteiger partial charge in [-0.3, -0.25) is 14.4 Å². The van der Waals surface area contributed by atoms with E-state index in [1.54, 1.807) is 31.4 Å². The Morgan fingerprint density at radius 3 is 2.29 bits per heavy atom. The Kier molecular flexibility index (Phi) is 17.0. The number of aliphatic hydroxyl groups excluding tert-OH is 1. The lowest BCUT2D eigenvalue weighted by Crippen LogP contribution is -2.59. The lowest BCUT2D eigenvalue weighted by atomic mass is 9.56. The molecule has 5 heterocycles.